The Morgan fingerprint density at radius 3 is 2.81 bits per heavy atom. The van der Waals surface area contributed by atoms with Gasteiger partial charge in [-0.05, 0) is 33.3 Å². The zero-order valence-electron chi connectivity index (χ0n) is 12.5. The van der Waals surface area contributed by atoms with Gasteiger partial charge < -0.3 is 5.32 Å². The van der Waals surface area contributed by atoms with E-state index in [1.165, 1.54) is 0 Å². The summed E-state index contributed by atoms with van der Waals surface area (Å²) in [6, 6.07) is 1.93. The van der Waals surface area contributed by atoms with E-state index in [0.29, 0.717) is 18.1 Å². The van der Waals surface area contributed by atoms with Crippen molar-refractivity contribution in [1.29, 1.82) is 0 Å². The first-order chi connectivity index (χ1) is 10.0. The van der Waals surface area contributed by atoms with Crippen LogP contribution in [0.4, 0.5) is 11.5 Å². The van der Waals surface area contributed by atoms with Crippen LogP contribution in [0.5, 0.6) is 0 Å². The van der Waals surface area contributed by atoms with Gasteiger partial charge >= 0.3 is 5.69 Å². The summed E-state index contributed by atoms with van der Waals surface area (Å²) in [6.45, 7) is 6.95. The molecule has 2 aromatic rings. The molecule has 0 aliphatic carbocycles. The van der Waals surface area contributed by atoms with Crippen molar-refractivity contribution in [3.05, 3.63) is 34.3 Å². The fraction of sp³-hybridized carbons (Fsp3) is 0.538. The van der Waals surface area contributed by atoms with Gasteiger partial charge in [-0.2, -0.15) is 10.2 Å². The molecule has 21 heavy (non-hydrogen) atoms. The number of aromatic nitrogens is 4. The Hall–Kier alpha value is -2.38. The van der Waals surface area contributed by atoms with Crippen LogP contribution in [0.15, 0.2) is 18.5 Å². The monoisotopic (exact) mass is 292 g/mol. The zero-order chi connectivity index (χ0) is 15.4. The molecule has 0 radical (unpaired) electrons. The highest BCUT2D eigenvalue weighted by molar-refractivity contribution is 5.59. The van der Waals surface area contributed by atoms with Gasteiger partial charge in [0.05, 0.1) is 4.92 Å². The summed E-state index contributed by atoms with van der Waals surface area (Å²) in [4.78, 5) is 10.8. The van der Waals surface area contributed by atoms with Crippen LogP contribution >= 0.6 is 0 Å². The van der Waals surface area contributed by atoms with Crippen LogP contribution in [0.2, 0.25) is 0 Å². The van der Waals surface area contributed by atoms with Gasteiger partial charge in [0.25, 0.3) is 0 Å². The van der Waals surface area contributed by atoms with Crippen molar-refractivity contribution < 1.29 is 4.92 Å². The highest BCUT2D eigenvalue weighted by atomic mass is 16.6. The van der Waals surface area contributed by atoms with E-state index in [9.17, 15) is 10.1 Å². The standard InChI is InChI=1S/C13H20N6O2/c1-10(2)18-13(12(19(20)21)11(3)16-18)14-6-4-8-17-9-5-7-15-17/h5,7,9-10,14H,4,6,8H2,1-3H3. The minimum absolute atomic E-state index is 0.0581. The fourth-order valence-electron chi connectivity index (χ4n) is 2.18. The van der Waals surface area contributed by atoms with Crippen molar-refractivity contribution in [2.45, 2.75) is 39.8 Å². The summed E-state index contributed by atoms with van der Waals surface area (Å²) in [6.07, 6.45) is 4.45. The predicted octanol–water partition coefficient (Wildman–Crippen LogP) is 2.38. The lowest BCUT2D eigenvalue weighted by Gasteiger charge is -2.11. The molecule has 0 aliphatic heterocycles. The van der Waals surface area contributed by atoms with Crippen molar-refractivity contribution in [3.8, 4) is 0 Å². The van der Waals surface area contributed by atoms with Gasteiger partial charge in [-0.15, -0.1) is 0 Å². The zero-order valence-corrected chi connectivity index (χ0v) is 12.5. The molecule has 0 saturated carbocycles. The van der Waals surface area contributed by atoms with Gasteiger partial charge in [-0.25, -0.2) is 4.68 Å². The average Bonchev–Trinajstić information content (AvgIpc) is 3.02. The van der Waals surface area contributed by atoms with E-state index in [1.54, 1.807) is 17.8 Å². The van der Waals surface area contributed by atoms with Crippen LogP contribution in [0.1, 0.15) is 32.0 Å². The second-order valence-corrected chi connectivity index (χ2v) is 5.13. The molecule has 2 aromatic heterocycles. The van der Waals surface area contributed by atoms with Crippen LogP contribution in [-0.4, -0.2) is 31.0 Å². The van der Waals surface area contributed by atoms with Gasteiger partial charge in [-0.1, -0.05) is 0 Å². The number of anilines is 1. The lowest BCUT2D eigenvalue weighted by atomic mass is 10.3. The Morgan fingerprint density at radius 1 is 1.48 bits per heavy atom. The lowest BCUT2D eigenvalue weighted by molar-refractivity contribution is -0.384. The topological polar surface area (TPSA) is 90.8 Å². The predicted molar refractivity (Wildman–Crippen MR) is 79.3 cm³/mol. The maximum absolute atomic E-state index is 11.2. The lowest BCUT2D eigenvalue weighted by Crippen LogP contribution is -2.13. The number of rotatable bonds is 7. The molecule has 0 unspecified atom stereocenters. The third-order valence-electron chi connectivity index (χ3n) is 3.14. The van der Waals surface area contributed by atoms with E-state index in [2.05, 4.69) is 15.5 Å². The van der Waals surface area contributed by atoms with Crippen LogP contribution in [0, 0.1) is 17.0 Å². The van der Waals surface area contributed by atoms with Gasteiger partial charge in [-0.3, -0.25) is 14.8 Å². The number of hydrogen-bond acceptors (Lipinski definition) is 5. The summed E-state index contributed by atoms with van der Waals surface area (Å²) < 4.78 is 3.50. The second kappa shape index (κ2) is 6.38. The minimum atomic E-state index is -0.378. The maximum Gasteiger partial charge on any atom is 0.333 e. The number of nitro groups is 1. The molecule has 0 amide bonds. The normalized spacial score (nSPS) is 11.0. The summed E-state index contributed by atoms with van der Waals surface area (Å²) >= 11 is 0. The van der Waals surface area contributed by atoms with Crippen molar-refractivity contribution in [2.24, 2.45) is 0 Å². The molecule has 0 aromatic carbocycles. The van der Waals surface area contributed by atoms with Crippen molar-refractivity contribution >= 4 is 11.5 Å². The third kappa shape index (κ3) is 3.39. The molecule has 8 heteroatoms. The molecule has 2 heterocycles. The SMILES string of the molecule is Cc1nn(C(C)C)c(NCCCn2cccn2)c1[N+](=O)[O-]. The number of aryl methyl sites for hydroxylation is 2. The summed E-state index contributed by atoms with van der Waals surface area (Å²) in [5, 5.41) is 22.7. The summed E-state index contributed by atoms with van der Waals surface area (Å²) in [5.74, 6) is 0.480. The third-order valence-corrected chi connectivity index (χ3v) is 3.14. The first-order valence-electron chi connectivity index (χ1n) is 6.95. The van der Waals surface area contributed by atoms with Crippen molar-refractivity contribution in [1.82, 2.24) is 19.6 Å². The molecular weight excluding hydrogens is 272 g/mol. The molecule has 0 bridgehead atoms. The fourth-order valence-corrected chi connectivity index (χ4v) is 2.18. The van der Waals surface area contributed by atoms with Crippen LogP contribution in [0.3, 0.4) is 0 Å². The molecule has 1 N–H and O–H groups in total. The highest BCUT2D eigenvalue weighted by Gasteiger charge is 2.25. The largest absolute Gasteiger partial charge is 0.364 e. The van der Waals surface area contributed by atoms with E-state index < -0.39 is 0 Å². The molecule has 0 spiro atoms. The number of hydrogen-bond donors (Lipinski definition) is 1. The van der Waals surface area contributed by atoms with E-state index in [1.807, 2.05) is 30.8 Å². The summed E-state index contributed by atoms with van der Waals surface area (Å²) in [5.41, 5.74) is 0.492. The summed E-state index contributed by atoms with van der Waals surface area (Å²) in [7, 11) is 0. The molecule has 0 aliphatic rings. The van der Waals surface area contributed by atoms with E-state index >= 15 is 0 Å². The molecule has 2 rings (SSSR count). The Kier molecular flexibility index (Phi) is 4.56. The second-order valence-electron chi connectivity index (χ2n) is 5.13. The van der Waals surface area contributed by atoms with Crippen LogP contribution in [0.25, 0.3) is 0 Å². The first kappa shape index (κ1) is 15.0. The molecule has 114 valence electrons. The molecule has 0 saturated heterocycles. The van der Waals surface area contributed by atoms with Crippen LogP contribution < -0.4 is 5.32 Å². The quantitative estimate of drug-likeness (QED) is 0.480. The van der Waals surface area contributed by atoms with Gasteiger partial charge in [0.1, 0.15) is 5.69 Å². The van der Waals surface area contributed by atoms with Gasteiger partial charge in [0.2, 0.25) is 5.82 Å². The smallest absolute Gasteiger partial charge is 0.333 e. The Morgan fingerprint density at radius 2 is 2.24 bits per heavy atom. The van der Waals surface area contributed by atoms with E-state index in [-0.39, 0.29) is 16.7 Å². The molecule has 0 atom stereocenters. The molecule has 8 nitrogen and oxygen atoms in total. The minimum Gasteiger partial charge on any atom is -0.364 e. The first-order valence-corrected chi connectivity index (χ1v) is 6.95. The number of nitrogens with one attached hydrogen (secondary N) is 1. The maximum atomic E-state index is 11.2. The molecule has 0 fully saturated rings. The van der Waals surface area contributed by atoms with Gasteiger partial charge in [0.15, 0.2) is 0 Å². The Balaban J connectivity index is 2.05. The van der Waals surface area contributed by atoms with E-state index in [4.69, 9.17) is 0 Å². The average molecular weight is 292 g/mol. The Labute approximate surface area is 122 Å². The highest BCUT2D eigenvalue weighted by Crippen LogP contribution is 2.30. The van der Waals surface area contributed by atoms with E-state index in [0.717, 1.165) is 13.0 Å². The van der Waals surface area contributed by atoms with Crippen LogP contribution in [-0.2, 0) is 6.54 Å². The Bertz CT molecular complexity index is 602. The molecular formula is C13H20N6O2. The van der Waals surface area contributed by atoms with Crippen molar-refractivity contribution in [3.63, 3.8) is 0 Å². The number of nitrogens with zero attached hydrogens (tertiary/aromatic N) is 5. The van der Waals surface area contributed by atoms with Gasteiger partial charge in [0, 0.05) is 31.5 Å². The van der Waals surface area contributed by atoms with Crippen molar-refractivity contribution in [2.75, 3.05) is 11.9 Å².